The van der Waals surface area contributed by atoms with Gasteiger partial charge in [0.1, 0.15) is 5.82 Å². The first kappa shape index (κ1) is 20.6. The Morgan fingerprint density at radius 3 is 2.23 bits per heavy atom. The van der Waals surface area contributed by atoms with Crippen molar-refractivity contribution in [2.24, 2.45) is 0 Å². The Kier molecular flexibility index (Phi) is 5.15. The lowest BCUT2D eigenvalue weighted by Crippen LogP contribution is -2.07. The number of fused-ring (bicyclic) bond motifs is 1. The third-order valence-electron chi connectivity index (χ3n) is 4.61. The van der Waals surface area contributed by atoms with Crippen molar-refractivity contribution >= 4 is 43.5 Å². The van der Waals surface area contributed by atoms with E-state index in [4.69, 9.17) is 0 Å². The molecule has 0 N–H and O–H groups in total. The van der Waals surface area contributed by atoms with Crippen LogP contribution in [0, 0.1) is 5.82 Å². The quantitative estimate of drug-likeness (QED) is 0.245. The summed E-state index contributed by atoms with van der Waals surface area (Å²) in [6.45, 7) is 0. The fourth-order valence-electron chi connectivity index (χ4n) is 3.11. The smallest absolute Gasteiger partial charge is 0.370 e. The molecule has 0 unspecified atom stereocenters. The van der Waals surface area contributed by atoms with Crippen molar-refractivity contribution in [1.82, 2.24) is 0 Å². The highest BCUT2D eigenvalue weighted by Crippen LogP contribution is 2.44. The van der Waals surface area contributed by atoms with Crippen LogP contribution in [0.25, 0.3) is 19.8 Å². The minimum absolute atomic E-state index is 0.123. The number of hydrogen-bond donors (Lipinski definition) is 0. The van der Waals surface area contributed by atoms with Crippen molar-refractivity contribution in [3.8, 4) is 9.75 Å². The second kappa shape index (κ2) is 7.52. The van der Waals surface area contributed by atoms with Gasteiger partial charge in [-0.2, -0.15) is 13.2 Å². The van der Waals surface area contributed by atoms with Crippen LogP contribution in [0.3, 0.4) is 0 Å². The molecule has 2 heterocycles. The van der Waals surface area contributed by atoms with Gasteiger partial charge in [0.25, 0.3) is 0 Å². The maximum Gasteiger partial charge on any atom is 0.416 e. The molecule has 0 saturated carbocycles. The summed E-state index contributed by atoms with van der Waals surface area (Å²) in [6.07, 6.45) is -4.48. The molecule has 0 aliphatic rings. The molecule has 0 radical (unpaired) electrons. The van der Waals surface area contributed by atoms with E-state index in [0.29, 0.717) is 15.8 Å². The normalized spacial score (nSPS) is 11.8. The molecule has 154 valence electrons. The second-order valence-electron chi connectivity index (χ2n) is 6.88. The topological polar surface area (TPSA) is 20.3 Å². The Labute approximate surface area is 178 Å². The van der Waals surface area contributed by atoms with E-state index < -0.39 is 23.3 Å². The molecule has 0 saturated heterocycles. The Morgan fingerprint density at radius 2 is 1.63 bits per heavy atom. The van der Waals surface area contributed by atoms with Crippen LogP contribution in [0.1, 0.15) is 21.5 Å². The van der Waals surface area contributed by atoms with Gasteiger partial charge in [-0.1, -0.05) is 12.1 Å². The largest absolute Gasteiger partial charge is 0.416 e. The highest BCUT2D eigenvalue weighted by Gasteiger charge is 2.31. The maximum atomic E-state index is 14.0. The van der Waals surface area contributed by atoms with Gasteiger partial charge in [-0.15, -0.1) is 22.7 Å². The zero-order chi connectivity index (χ0) is 21.6. The van der Waals surface area contributed by atoms with E-state index in [1.807, 2.05) is 31.1 Å². The van der Waals surface area contributed by atoms with Crippen LogP contribution >= 0.6 is 22.7 Å². The van der Waals surface area contributed by atoms with Gasteiger partial charge in [0.15, 0.2) is 5.78 Å². The SMILES string of the molecule is CN(C)c1ccc(-c2sc3ccc(F)cc3c2C(=O)c2ccc(C(F)(F)F)cc2)s1. The standard InChI is InChI=1S/C22H15F4NOS2/c1-27(2)18-10-9-17(29-18)21-19(15-11-14(23)7-8-16(15)30-21)20(28)12-3-5-13(6-4-12)22(24,25)26/h3-11H,1-2H3. The number of alkyl halides is 3. The van der Waals surface area contributed by atoms with Gasteiger partial charge in [-0.3, -0.25) is 4.79 Å². The monoisotopic (exact) mass is 449 g/mol. The summed E-state index contributed by atoms with van der Waals surface area (Å²) >= 11 is 2.85. The number of carbonyl (C=O) groups is 1. The van der Waals surface area contributed by atoms with Crippen molar-refractivity contribution in [2.45, 2.75) is 6.18 Å². The van der Waals surface area contributed by atoms with Crippen LogP contribution in [0.2, 0.25) is 0 Å². The van der Waals surface area contributed by atoms with Crippen molar-refractivity contribution in [1.29, 1.82) is 0 Å². The molecule has 4 rings (SSSR count). The molecular weight excluding hydrogens is 434 g/mol. The molecule has 0 atom stereocenters. The van der Waals surface area contributed by atoms with E-state index in [1.165, 1.54) is 34.8 Å². The van der Waals surface area contributed by atoms with Crippen molar-refractivity contribution in [2.75, 3.05) is 19.0 Å². The van der Waals surface area contributed by atoms with Gasteiger partial charge in [-0.05, 0) is 42.5 Å². The van der Waals surface area contributed by atoms with Crippen LogP contribution in [0.4, 0.5) is 22.6 Å². The Bertz CT molecular complexity index is 1240. The lowest BCUT2D eigenvalue weighted by molar-refractivity contribution is -0.137. The molecular formula is C22H15F4NOS2. The van der Waals surface area contributed by atoms with E-state index in [2.05, 4.69) is 0 Å². The minimum Gasteiger partial charge on any atom is -0.370 e. The molecule has 4 aromatic rings. The lowest BCUT2D eigenvalue weighted by Gasteiger charge is -2.08. The van der Waals surface area contributed by atoms with Crippen LogP contribution in [0.5, 0.6) is 0 Å². The van der Waals surface area contributed by atoms with Crippen molar-refractivity contribution in [3.05, 3.63) is 77.1 Å². The number of thiophene rings is 2. The predicted octanol–water partition coefficient (Wildman–Crippen LogP) is 7.08. The number of rotatable bonds is 4. The second-order valence-corrected chi connectivity index (χ2v) is 9.00. The minimum atomic E-state index is -4.48. The van der Waals surface area contributed by atoms with Crippen LogP contribution in [-0.4, -0.2) is 19.9 Å². The third kappa shape index (κ3) is 3.73. The highest BCUT2D eigenvalue weighted by molar-refractivity contribution is 7.27. The summed E-state index contributed by atoms with van der Waals surface area (Å²) in [5, 5.41) is 1.45. The number of hydrogen-bond acceptors (Lipinski definition) is 4. The van der Waals surface area contributed by atoms with E-state index >= 15 is 0 Å². The molecule has 30 heavy (non-hydrogen) atoms. The molecule has 2 aromatic carbocycles. The summed E-state index contributed by atoms with van der Waals surface area (Å²) < 4.78 is 53.3. The Hall–Kier alpha value is -2.71. The fraction of sp³-hybridized carbons (Fsp3) is 0.136. The number of nitrogens with zero attached hydrogens (tertiary/aromatic N) is 1. The molecule has 0 bridgehead atoms. The molecule has 0 spiro atoms. The summed E-state index contributed by atoms with van der Waals surface area (Å²) in [4.78, 5) is 16.8. The Morgan fingerprint density at radius 1 is 0.933 bits per heavy atom. The van der Waals surface area contributed by atoms with E-state index in [9.17, 15) is 22.4 Å². The molecule has 2 nitrogen and oxygen atoms in total. The van der Waals surface area contributed by atoms with Gasteiger partial charge in [0.2, 0.25) is 0 Å². The zero-order valence-electron chi connectivity index (χ0n) is 15.9. The summed E-state index contributed by atoms with van der Waals surface area (Å²) in [7, 11) is 3.81. The van der Waals surface area contributed by atoms with Crippen LogP contribution in [-0.2, 0) is 6.18 Å². The number of ketones is 1. The molecule has 2 aromatic heterocycles. The number of carbonyl (C=O) groups excluding carboxylic acids is 1. The summed E-state index contributed by atoms with van der Waals surface area (Å²) in [6, 6.07) is 12.2. The number of anilines is 1. The average molecular weight is 449 g/mol. The van der Waals surface area contributed by atoms with E-state index in [-0.39, 0.29) is 5.56 Å². The summed E-state index contributed by atoms with van der Waals surface area (Å²) in [5.74, 6) is -0.913. The van der Waals surface area contributed by atoms with E-state index in [0.717, 1.165) is 38.8 Å². The van der Waals surface area contributed by atoms with Gasteiger partial charge in [-0.25, -0.2) is 4.39 Å². The highest BCUT2D eigenvalue weighted by atomic mass is 32.1. The first-order valence-corrected chi connectivity index (χ1v) is 10.5. The molecule has 0 amide bonds. The van der Waals surface area contributed by atoms with Crippen molar-refractivity contribution < 1.29 is 22.4 Å². The van der Waals surface area contributed by atoms with Gasteiger partial charge < -0.3 is 4.90 Å². The number of benzene rings is 2. The fourth-order valence-corrected chi connectivity index (χ4v) is 5.34. The van der Waals surface area contributed by atoms with Crippen LogP contribution < -0.4 is 4.90 Å². The molecule has 0 aliphatic carbocycles. The first-order chi connectivity index (χ1) is 14.1. The lowest BCUT2D eigenvalue weighted by atomic mass is 9.98. The zero-order valence-corrected chi connectivity index (χ0v) is 17.5. The predicted molar refractivity (Wildman–Crippen MR) is 114 cm³/mol. The molecule has 8 heteroatoms. The summed E-state index contributed by atoms with van der Waals surface area (Å²) in [5.41, 5.74) is -0.395. The van der Waals surface area contributed by atoms with Gasteiger partial charge >= 0.3 is 6.18 Å². The first-order valence-electron chi connectivity index (χ1n) is 8.86. The van der Waals surface area contributed by atoms with Gasteiger partial charge in [0, 0.05) is 40.2 Å². The third-order valence-corrected chi connectivity index (χ3v) is 7.21. The average Bonchev–Trinajstić information content (AvgIpc) is 3.31. The molecule has 0 aliphatic heterocycles. The maximum absolute atomic E-state index is 14.0. The van der Waals surface area contributed by atoms with Crippen molar-refractivity contribution in [3.63, 3.8) is 0 Å². The number of halogens is 4. The van der Waals surface area contributed by atoms with Crippen LogP contribution in [0.15, 0.2) is 54.6 Å². The molecule has 0 fully saturated rings. The Balaban J connectivity index is 1.87. The van der Waals surface area contributed by atoms with Gasteiger partial charge in [0.05, 0.1) is 15.4 Å². The van der Waals surface area contributed by atoms with E-state index in [1.54, 1.807) is 6.07 Å².